The molecular weight excluding hydrogens is 163 g/mol. The normalized spacial score (nSPS) is 9.75. The number of pyridine rings is 1. The molecule has 0 aliphatic rings. The van der Waals surface area contributed by atoms with Gasteiger partial charge in [0.1, 0.15) is 0 Å². The first-order valence-electron chi connectivity index (χ1n) is 3.21. The van der Waals surface area contributed by atoms with E-state index < -0.39 is 11.8 Å². The van der Waals surface area contributed by atoms with Gasteiger partial charge < -0.3 is 10.8 Å². The number of aliphatic carboxylic acids is 1. The summed E-state index contributed by atoms with van der Waals surface area (Å²) < 4.78 is 12.6. The van der Waals surface area contributed by atoms with Crippen molar-refractivity contribution in [3.8, 4) is 0 Å². The van der Waals surface area contributed by atoms with Gasteiger partial charge >= 0.3 is 5.97 Å². The minimum Gasteiger partial charge on any atom is -0.481 e. The summed E-state index contributed by atoms with van der Waals surface area (Å²) in [7, 11) is 0. The second-order valence-corrected chi connectivity index (χ2v) is 2.28. The van der Waals surface area contributed by atoms with Gasteiger partial charge in [0, 0.05) is 6.20 Å². The Kier molecular flexibility index (Phi) is 2.23. The van der Waals surface area contributed by atoms with Crippen LogP contribution in [0.15, 0.2) is 12.3 Å². The van der Waals surface area contributed by atoms with Crippen molar-refractivity contribution in [1.82, 2.24) is 4.98 Å². The fourth-order valence-electron chi connectivity index (χ4n) is 0.759. The van der Waals surface area contributed by atoms with Crippen LogP contribution < -0.4 is 5.73 Å². The van der Waals surface area contributed by atoms with Crippen LogP contribution in [0, 0.1) is 5.82 Å². The molecule has 0 saturated carbocycles. The molecule has 0 radical (unpaired) electrons. The van der Waals surface area contributed by atoms with Crippen LogP contribution in [0.2, 0.25) is 0 Å². The summed E-state index contributed by atoms with van der Waals surface area (Å²) in [5.41, 5.74) is 5.39. The van der Waals surface area contributed by atoms with Crippen molar-refractivity contribution in [2.24, 2.45) is 0 Å². The van der Waals surface area contributed by atoms with Crippen molar-refractivity contribution in [2.75, 3.05) is 5.73 Å². The third-order valence-corrected chi connectivity index (χ3v) is 1.28. The van der Waals surface area contributed by atoms with Crippen molar-refractivity contribution in [3.05, 3.63) is 23.6 Å². The number of hydrogen-bond acceptors (Lipinski definition) is 3. The maximum absolute atomic E-state index is 12.6. The molecule has 4 nitrogen and oxygen atoms in total. The van der Waals surface area contributed by atoms with Gasteiger partial charge in [0.2, 0.25) is 0 Å². The van der Waals surface area contributed by atoms with Gasteiger partial charge in [-0.1, -0.05) is 0 Å². The molecule has 1 heterocycles. The van der Waals surface area contributed by atoms with Crippen LogP contribution in [0.1, 0.15) is 5.56 Å². The second kappa shape index (κ2) is 3.17. The van der Waals surface area contributed by atoms with Crippen LogP contribution in [0.3, 0.4) is 0 Å². The topological polar surface area (TPSA) is 76.2 Å². The van der Waals surface area contributed by atoms with E-state index in [0.717, 1.165) is 6.07 Å². The van der Waals surface area contributed by atoms with Crippen molar-refractivity contribution >= 4 is 11.8 Å². The number of carboxylic acids is 1. The molecule has 1 rings (SSSR count). The molecule has 1 aromatic rings. The molecule has 5 heteroatoms. The van der Waals surface area contributed by atoms with Crippen LogP contribution in [-0.4, -0.2) is 16.1 Å². The van der Waals surface area contributed by atoms with Crippen LogP contribution in [0.5, 0.6) is 0 Å². The third-order valence-electron chi connectivity index (χ3n) is 1.28. The van der Waals surface area contributed by atoms with E-state index in [9.17, 15) is 9.18 Å². The predicted octanol–water partition coefficient (Wildman–Crippen LogP) is 0.430. The molecule has 0 atom stereocenters. The molecule has 0 aliphatic carbocycles. The van der Waals surface area contributed by atoms with Gasteiger partial charge in [0.25, 0.3) is 0 Å². The van der Waals surface area contributed by atoms with Crippen molar-refractivity contribution in [2.45, 2.75) is 6.42 Å². The van der Waals surface area contributed by atoms with E-state index in [4.69, 9.17) is 10.8 Å². The standard InChI is InChI=1S/C7H7FN2O2/c8-5-1-4(2-6(11)12)3-10-7(5)9/h1,3H,2H2,(H2,9,10)(H,11,12). The van der Waals surface area contributed by atoms with Crippen molar-refractivity contribution < 1.29 is 14.3 Å². The van der Waals surface area contributed by atoms with Gasteiger partial charge in [0.05, 0.1) is 6.42 Å². The Morgan fingerprint density at radius 2 is 2.42 bits per heavy atom. The number of hydrogen-bond donors (Lipinski definition) is 2. The maximum Gasteiger partial charge on any atom is 0.307 e. The lowest BCUT2D eigenvalue weighted by atomic mass is 10.2. The zero-order chi connectivity index (χ0) is 9.14. The minimum atomic E-state index is -1.03. The van der Waals surface area contributed by atoms with Gasteiger partial charge in [-0.15, -0.1) is 0 Å². The lowest BCUT2D eigenvalue weighted by molar-refractivity contribution is -0.136. The van der Waals surface area contributed by atoms with Crippen LogP contribution in [-0.2, 0) is 11.2 Å². The van der Waals surface area contributed by atoms with Crippen molar-refractivity contribution in [3.63, 3.8) is 0 Å². The first kappa shape index (κ1) is 8.45. The van der Waals surface area contributed by atoms with Gasteiger partial charge in [-0.3, -0.25) is 4.79 Å². The fraction of sp³-hybridized carbons (Fsp3) is 0.143. The van der Waals surface area contributed by atoms with E-state index in [1.165, 1.54) is 6.20 Å². The number of rotatable bonds is 2. The van der Waals surface area contributed by atoms with Gasteiger partial charge in [-0.25, -0.2) is 9.37 Å². The molecule has 0 bridgehead atoms. The largest absolute Gasteiger partial charge is 0.481 e. The summed E-state index contributed by atoms with van der Waals surface area (Å²) in [6.45, 7) is 0. The third kappa shape index (κ3) is 1.91. The number of nitrogens with zero attached hydrogens (tertiary/aromatic N) is 1. The molecule has 0 saturated heterocycles. The molecule has 64 valence electrons. The Hall–Kier alpha value is -1.65. The number of aromatic nitrogens is 1. The summed E-state index contributed by atoms with van der Waals surface area (Å²) in [5, 5.41) is 8.35. The minimum absolute atomic E-state index is 0.218. The van der Waals surface area contributed by atoms with Gasteiger partial charge in [-0.05, 0) is 11.6 Å². The number of carboxylic acid groups (broad SMARTS) is 1. The summed E-state index contributed by atoms with van der Waals surface area (Å²) in [6, 6.07) is 1.07. The predicted molar refractivity (Wildman–Crippen MR) is 39.9 cm³/mol. The lowest BCUT2D eigenvalue weighted by Crippen LogP contribution is -2.03. The zero-order valence-electron chi connectivity index (χ0n) is 6.12. The maximum atomic E-state index is 12.6. The summed E-state index contributed by atoms with van der Waals surface area (Å²) in [4.78, 5) is 13.7. The van der Waals surface area contributed by atoms with Crippen LogP contribution in [0.25, 0.3) is 0 Å². The lowest BCUT2D eigenvalue weighted by Gasteiger charge is -1.98. The number of anilines is 1. The summed E-state index contributed by atoms with van der Waals surface area (Å²) >= 11 is 0. The number of nitrogen functional groups attached to an aromatic ring is 1. The smallest absolute Gasteiger partial charge is 0.307 e. The molecular formula is C7H7FN2O2. The van der Waals surface area contributed by atoms with E-state index in [2.05, 4.69) is 4.98 Å². The molecule has 0 aromatic carbocycles. The highest BCUT2D eigenvalue weighted by molar-refractivity contribution is 5.70. The number of nitrogens with two attached hydrogens (primary N) is 1. The highest BCUT2D eigenvalue weighted by Gasteiger charge is 2.04. The average Bonchev–Trinajstić information content (AvgIpc) is 1.96. The number of halogens is 1. The summed E-state index contributed by atoms with van der Waals surface area (Å²) in [5.74, 6) is -1.93. The van der Waals surface area contributed by atoms with E-state index in [1.807, 2.05) is 0 Å². The molecule has 0 aliphatic heterocycles. The summed E-state index contributed by atoms with van der Waals surface area (Å²) in [6.07, 6.45) is 0.997. The molecule has 0 unspecified atom stereocenters. The second-order valence-electron chi connectivity index (χ2n) is 2.28. The fourth-order valence-corrected chi connectivity index (χ4v) is 0.759. The average molecular weight is 170 g/mol. The molecule has 12 heavy (non-hydrogen) atoms. The van der Waals surface area contributed by atoms with Crippen molar-refractivity contribution in [1.29, 1.82) is 0 Å². The Morgan fingerprint density at radius 1 is 1.75 bits per heavy atom. The van der Waals surface area contributed by atoms with E-state index in [0.29, 0.717) is 5.56 Å². The Labute approximate surface area is 67.8 Å². The van der Waals surface area contributed by atoms with Gasteiger partial charge in [0.15, 0.2) is 11.6 Å². The quantitative estimate of drug-likeness (QED) is 0.674. The Bertz CT molecular complexity index is 314. The van der Waals surface area contributed by atoms with E-state index in [-0.39, 0.29) is 12.2 Å². The molecule has 0 spiro atoms. The number of carbonyl (C=O) groups is 1. The SMILES string of the molecule is Nc1ncc(CC(=O)O)cc1F. The highest BCUT2D eigenvalue weighted by atomic mass is 19.1. The Balaban J connectivity index is 2.89. The molecule has 0 amide bonds. The molecule has 3 N–H and O–H groups in total. The molecule has 1 aromatic heterocycles. The monoisotopic (exact) mass is 170 g/mol. The van der Waals surface area contributed by atoms with E-state index >= 15 is 0 Å². The zero-order valence-corrected chi connectivity index (χ0v) is 6.12. The van der Waals surface area contributed by atoms with Gasteiger partial charge in [-0.2, -0.15) is 0 Å². The highest BCUT2D eigenvalue weighted by Crippen LogP contribution is 2.08. The Morgan fingerprint density at radius 3 is 2.92 bits per heavy atom. The van der Waals surface area contributed by atoms with Crippen LogP contribution >= 0.6 is 0 Å². The first-order chi connectivity index (χ1) is 5.59. The molecule has 0 fully saturated rings. The van der Waals surface area contributed by atoms with E-state index in [1.54, 1.807) is 0 Å². The van der Waals surface area contributed by atoms with Crippen LogP contribution in [0.4, 0.5) is 10.2 Å². The first-order valence-corrected chi connectivity index (χ1v) is 3.21.